The van der Waals surface area contributed by atoms with Crippen LogP contribution in [0.3, 0.4) is 0 Å². The monoisotopic (exact) mass is 354 g/mol. The van der Waals surface area contributed by atoms with Gasteiger partial charge in [0.2, 0.25) is 0 Å². The molecule has 4 heteroatoms. The summed E-state index contributed by atoms with van der Waals surface area (Å²) in [6, 6.07) is 14.2. The van der Waals surface area contributed by atoms with Gasteiger partial charge >= 0.3 is 11.9 Å². The van der Waals surface area contributed by atoms with E-state index in [-0.39, 0.29) is 10.8 Å². The summed E-state index contributed by atoms with van der Waals surface area (Å²) >= 11 is 0. The molecule has 0 aliphatic carbocycles. The first-order valence-electron chi connectivity index (χ1n) is 8.72. The largest absolute Gasteiger partial charge is 0.478 e. The molecule has 0 spiro atoms. The van der Waals surface area contributed by atoms with E-state index in [9.17, 15) is 19.8 Å². The van der Waals surface area contributed by atoms with Crippen LogP contribution in [0.2, 0.25) is 0 Å². The summed E-state index contributed by atoms with van der Waals surface area (Å²) < 4.78 is 0. The maximum atomic E-state index is 11.5. The number of aromatic carboxylic acids is 2. The minimum Gasteiger partial charge on any atom is -0.478 e. The average molecular weight is 354 g/mol. The zero-order valence-corrected chi connectivity index (χ0v) is 15.7. The highest BCUT2D eigenvalue weighted by molar-refractivity contribution is 5.90. The van der Waals surface area contributed by atoms with Gasteiger partial charge in [0.05, 0.1) is 11.1 Å². The van der Waals surface area contributed by atoms with Crippen molar-refractivity contribution in [1.29, 1.82) is 0 Å². The topological polar surface area (TPSA) is 74.6 Å². The van der Waals surface area contributed by atoms with E-state index in [4.69, 9.17) is 0 Å². The molecule has 2 aromatic rings. The van der Waals surface area contributed by atoms with Crippen LogP contribution in [0.1, 0.15) is 72.4 Å². The number of carboxylic acids is 2. The second kappa shape index (κ2) is 7.32. The van der Waals surface area contributed by atoms with E-state index >= 15 is 0 Å². The van der Waals surface area contributed by atoms with Gasteiger partial charge in [-0.25, -0.2) is 9.59 Å². The van der Waals surface area contributed by atoms with Crippen LogP contribution in [-0.2, 0) is 10.8 Å². The maximum Gasteiger partial charge on any atom is 0.335 e. The Kier molecular flexibility index (Phi) is 5.55. The van der Waals surface area contributed by atoms with Crippen molar-refractivity contribution in [2.45, 2.75) is 51.4 Å². The first kappa shape index (κ1) is 19.7. The van der Waals surface area contributed by atoms with Crippen LogP contribution in [0.5, 0.6) is 0 Å². The van der Waals surface area contributed by atoms with Crippen LogP contribution in [0.15, 0.2) is 48.5 Å². The van der Waals surface area contributed by atoms with Gasteiger partial charge in [0, 0.05) is 0 Å². The molecular weight excluding hydrogens is 328 g/mol. The summed E-state index contributed by atoms with van der Waals surface area (Å²) in [6.45, 7) is 8.14. The highest BCUT2D eigenvalue weighted by Crippen LogP contribution is 2.38. The molecule has 138 valence electrons. The molecular formula is C22H26O4. The summed E-state index contributed by atoms with van der Waals surface area (Å²) in [7, 11) is 0. The number of hydrogen-bond donors (Lipinski definition) is 2. The molecule has 0 heterocycles. The van der Waals surface area contributed by atoms with Gasteiger partial charge in [-0.15, -0.1) is 0 Å². The second-order valence-electron chi connectivity index (χ2n) is 7.97. The number of hydrogen-bond acceptors (Lipinski definition) is 2. The average Bonchev–Trinajstić information content (AvgIpc) is 2.60. The molecule has 0 aliphatic heterocycles. The summed E-state index contributed by atoms with van der Waals surface area (Å²) in [5, 5.41) is 18.9. The van der Waals surface area contributed by atoms with E-state index in [1.165, 1.54) is 0 Å². The summed E-state index contributed by atoms with van der Waals surface area (Å²) in [6.07, 6.45) is 1.47. The van der Waals surface area contributed by atoms with Crippen LogP contribution in [0.4, 0.5) is 0 Å². The maximum absolute atomic E-state index is 11.5. The Bertz CT molecular complexity index is 749. The highest BCUT2D eigenvalue weighted by Gasteiger charge is 2.31. The van der Waals surface area contributed by atoms with Crippen molar-refractivity contribution < 1.29 is 19.8 Å². The van der Waals surface area contributed by atoms with Gasteiger partial charge < -0.3 is 10.2 Å². The van der Waals surface area contributed by atoms with Gasteiger partial charge in [-0.2, -0.15) is 0 Å². The molecule has 0 aliphatic rings. The lowest BCUT2D eigenvalue weighted by molar-refractivity contribution is 0.0682. The molecule has 4 nitrogen and oxygen atoms in total. The van der Waals surface area contributed by atoms with Gasteiger partial charge in [0.25, 0.3) is 0 Å². The molecule has 0 fully saturated rings. The summed E-state index contributed by atoms with van der Waals surface area (Å²) in [4.78, 5) is 23.1. The van der Waals surface area contributed by atoms with E-state index in [1.54, 1.807) is 24.3 Å². The lowest BCUT2D eigenvalue weighted by Gasteiger charge is -2.33. The molecule has 2 rings (SSSR count). The van der Waals surface area contributed by atoms with Crippen molar-refractivity contribution in [3.05, 3.63) is 70.8 Å². The van der Waals surface area contributed by atoms with Gasteiger partial charge in [0.1, 0.15) is 0 Å². The van der Waals surface area contributed by atoms with Crippen LogP contribution < -0.4 is 0 Å². The quantitative estimate of drug-likeness (QED) is 0.724. The Morgan fingerprint density at radius 3 is 1.31 bits per heavy atom. The van der Waals surface area contributed by atoms with Crippen LogP contribution in [0.25, 0.3) is 0 Å². The van der Waals surface area contributed by atoms with Gasteiger partial charge in [-0.1, -0.05) is 64.1 Å². The van der Waals surface area contributed by atoms with Crippen molar-refractivity contribution >= 4 is 11.9 Å². The van der Waals surface area contributed by atoms with E-state index < -0.39 is 11.9 Å². The molecule has 2 N–H and O–H groups in total. The highest BCUT2D eigenvalue weighted by atomic mass is 16.4. The van der Waals surface area contributed by atoms with Gasteiger partial charge in [0.15, 0.2) is 0 Å². The molecule has 0 radical (unpaired) electrons. The first-order valence-corrected chi connectivity index (χ1v) is 8.72. The Morgan fingerprint density at radius 2 is 1.00 bits per heavy atom. The smallest absolute Gasteiger partial charge is 0.335 e. The second-order valence-corrected chi connectivity index (χ2v) is 7.97. The third kappa shape index (κ3) is 4.13. The minimum atomic E-state index is -0.927. The molecule has 0 amide bonds. The first-order chi connectivity index (χ1) is 12.1. The van der Waals surface area contributed by atoms with Crippen LogP contribution in [0, 0.1) is 0 Å². The molecule has 26 heavy (non-hydrogen) atoms. The molecule has 0 bridgehead atoms. The van der Waals surface area contributed by atoms with Crippen molar-refractivity contribution in [2.24, 2.45) is 0 Å². The normalized spacial score (nSPS) is 12.0. The molecule has 0 atom stereocenters. The SMILES string of the molecule is CC(C)(CCC(C)(C)c1ccccc1C(=O)O)c1ccccc1C(=O)O. The fourth-order valence-corrected chi connectivity index (χ4v) is 3.41. The number of carboxylic acid groups (broad SMARTS) is 2. The van der Waals surface area contributed by atoms with Crippen molar-refractivity contribution in [1.82, 2.24) is 0 Å². The van der Waals surface area contributed by atoms with Crippen LogP contribution >= 0.6 is 0 Å². The Balaban J connectivity index is 2.30. The predicted octanol–water partition coefficient (Wildman–Crippen LogP) is 5.12. The fraction of sp³-hybridized carbons (Fsp3) is 0.364. The Hall–Kier alpha value is -2.62. The Morgan fingerprint density at radius 1 is 0.692 bits per heavy atom. The fourth-order valence-electron chi connectivity index (χ4n) is 3.41. The third-order valence-electron chi connectivity index (χ3n) is 5.15. The van der Waals surface area contributed by atoms with Gasteiger partial charge in [-0.3, -0.25) is 0 Å². The van der Waals surface area contributed by atoms with E-state index in [0.29, 0.717) is 11.1 Å². The van der Waals surface area contributed by atoms with E-state index in [2.05, 4.69) is 0 Å². The van der Waals surface area contributed by atoms with E-state index in [1.807, 2.05) is 52.0 Å². The summed E-state index contributed by atoms with van der Waals surface area (Å²) in [5.74, 6) is -1.85. The van der Waals surface area contributed by atoms with Gasteiger partial charge in [-0.05, 0) is 46.9 Å². The third-order valence-corrected chi connectivity index (χ3v) is 5.15. The Labute approximate surface area is 154 Å². The van der Waals surface area contributed by atoms with E-state index in [0.717, 1.165) is 24.0 Å². The standard InChI is InChI=1S/C22H26O4/c1-21(2,17-11-7-5-9-15(17)19(23)24)13-14-22(3,4)18-12-8-6-10-16(18)20(25)26/h5-12H,13-14H2,1-4H3,(H,23,24)(H,25,26). The van der Waals surface area contributed by atoms with Crippen molar-refractivity contribution in [2.75, 3.05) is 0 Å². The molecule has 0 aromatic heterocycles. The zero-order valence-electron chi connectivity index (χ0n) is 15.7. The lowest BCUT2D eigenvalue weighted by Crippen LogP contribution is -2.27. The molecule has 2 aromatic carbocycles. The molecule has 0 saturated carbocycles. The van der Waals surface area contributed by atoms with Crippen molar-refractivity contribution in [3.63, 3.8) is 0 Å². The van der Waals surface area contributed by atoms with Crippen molar-refractivity contribution in [3.8, 4) is 0 Å². The van der Waals surface area contributed by atoms with Crippen LogP contribution in [-0.4, -0.2) is 22.2 Å². The zero-order chi connectivity index (χ0) is 19.5. The lowest BCUT2D eigenvalue weighted by atomic mass is 9.71. The number of carbonyl (C=O) groups is 2. The number of rotatable bonds is 7. The molecule has 0 saturated heterocycles. The predicted molar refractivity (Wildman–Crippen MR) is 102 cm³/mol. The number of benzene rings is 2. The molecule has 0 unspecified atom stereocenters. The minimum absolute atomic E-state index is 0.321. The summed E-state index contributed by atoms with van der Waals surface area (Å²) in [5.41, 5.74) is 1.56.